The highest BCUT2D eigenvalue weighted by molar-refractivity contribution is 5.59. The fourth-order valence-electron chi connectivity index (χ4n) is 3.96. The molecule has 0 heteroatoms. The van der Waals surface area contributed by atoms with E-state index in [0.717, 1.165) is 5.92 Å². The Morgan fingerprint density at radius 2 is 1.24 bits per heavy atom. The molecule has 0 saturated heterocycles. The molecule has 0 radical (unpaired) electrons. The van der Waals surface area contributed by atoms with Gasteiger partial charge in [-0.3, -0.25) is 0 Å². The van der Waals surface area contributed by atoms with Crippen molar-refractivity contribution in [2.45, 2.75) is 18.8 Å². The van der Waals surface area contributed by atoms with Gasteiger partial charge in [-0.2, -0.15) is 0 Å². The van der Waals surface area contributed by atoms with Crippen LogP contribution in [0.15, 0.2) is 60.7 Å². The normalized spacial score (nSPS) is 31.7. The van der Waals surface area contributed by atoms with Crippen LogP contribution >= 0.6 is 0 Å². The van der Waals surface area contributed by atoms with E-state index in [1.54, 1.807) is 0 Å². The van der Waals surface area contributed by atoms with Crippen molar-refractivity contribution in [3.8, 4) is 0 Å². The Hall–Kier alpha value is -1.56. The monoisotopic (exact) mass is 220 g/mol. The molecule has 2 aliphatic rings. The first-order valence-electron chi connectivity index (χ1n) is 6.41. The second-order valence-electron chi connectivity index (χ2n) is 5.71. The molecule has 2 saturated carbocycles. The fraction of sp³-hybridized carbons (Fsp3) is 0.294. The summed E-state index contributed by atoms with van der Waals surface area (Å²) in [5.74, 6) is 0.875. The molecule has 0 bridgehead atoms. The van der Waals surface area contributed by atoms with Gasteiger partial charge in [-0.25, -0.2) is 0 Å². The molecule has 2 aromatic carbocycles. The van der Waals surface area contributed by atoms with Gasteiger partial charge in [-0.15, -0.1) is 0 Å². The summed E-state index contributed by atoms with van der Waals surface area (Å²) in [5, 5.41) is 0. The van der Waals surface area contributed by atoms with E-state index in [1.807, 2.05) is 0 Å². The summed E-state index contributed by atoms with van der Waals surface area (Å²) in [4.78, 5) is 0. The molecule has 2 aromatic rings. The first-order chi connectivity index (χ1) is 8.30. The fourth-order valence-corrected chi connectivity index (χ4v) is 3.96. The van der Waals surface area contributed by atoms with E-state index in [9.17, 15) is 0 Å². The lowest BCUT2D eigenvalue weighted by Crippen LogP contribution is -2.22. The minimum absolute atomic E-state index is 0.329. The van der Waals surface area contributed by atoms with Crippen LogP contribution in [0.2, 0.25) is 0 Å². The van der Waals surface area contributed by atoms with Crippen LogP contribution in [0.25, 0.3) is 0 Å². The van der Waals surface area contributed by atoms with Crippen LogP contribution in [0.3, 0.4) is 0 Å². The molecule has 4 rings (SSSR count). The topological polar surface area (TPSA) is 0 Å². The molecule has 84 valence electrons. The molecule has 0 spiro atoms. The number of hydrogen-bond acceptors (Lipinski definition) is 0. The van der Waals surface area contributed by atoms with Gasteiger partial charge in [0.25, 0.3) is 0 Å². The highest BCUT2D eigenvalue weighted by Gasteiger charge is 2.86. The lowest BCUT2D eigenvalue weighted by Gasteiger charge is -2.27. The van der Waals surface area contributed by atoms with Gasteiger partial charge >= 0.3 is 0 Å². The number of benzene rings is 2. The molecule has 0 amide bonds. The zero-order valence-electron chi connectivity index (χ0n) is 10.1. The van der Waals surface area contributed by atoms with Crippen LogP contribution in [-0.4, -0.2) is 0 Å². The van der Waals surface area contributed by atoms with Crippen molar-refractivity contribution in [1.29, 1.82) is 0 Å². The Morgan fingerprint density at radius 3 is 1.53 bits per heavy atom. The van der Waals surface area contributed by atoms with Crippen LogP contribution in [0.1, 0.15) is 24.5 Å². The van der Waals surface area contributed by atoms with Gasteiger partial charge in [-0.05, 0) is 28.9 Å². The zero-order valence-corrected chi connectivity index (χ0v) is 10.1. The summed E-state index contributed by atoms with van der Waals surface area (Å²) in [7, 11) is 0. The number of rotatable bonds is 2. The van der Waals surface area contributed by atoms with E-state index in [4.69, 9.17) is 0 Å². The molecule has 2 atom stereocenters. The molecule has 0 heterocycles. The summed E-state index contributed by atoms with van der Waals surface area (Å²) in [6, 6.07) is 22.1. The maximum atomic E-state index is 2.44. The lowest BCUT2D eigenvalue weighted by molar-refractivity contribution is 0.507. The van der Waals surface area contributed by atoms with Crippen molar-refractivity contribution in [3.05, 3.63) is 71.8 Å². The second-order valence-corrected chi connectivity index (χ2v) is 5.71. The smallest absolute Gasteiger partial charge is 0.0293 e. The number of hydrogen-bond donors (Lipinski definition) is 0. The maximum Gasteiger partial charge on any atom is 0.0293 e. The molecule has 0 aromatic heterocycles. The summed E-state index contributed by atoms with van der Waals surface area (Å²) in [6.07, 6.45) is 1.40. The van der Waals surface area contributed by atoms with Gasteiger partial charge in [0.05, 0.1) is 0 Å². The molecule has 0 nitrogen and oxygen atoms in total. The standard InChI is InChI=1S/C17H16/c1-16-12-15(16)17(16,13-8-4-2-5-9-13)14-10-6-3-7-11-14/h2-11,15H,12H2,1H3/t15-,16+/m0/s1. The van der Waals surface area contributed by atoms with E-state index in [1.165, 1.54) is 17.5 Å². The van der Waals surface area contributed by atoms with Crippen LogP contribution in [0.5, 0.6) is 0 Å². The average molecular weight is 220 g/mol. The van der Waals surface area contributed by atoms with Crippen LogP contribution < -0.4 is 0 Å². The minimum atomic E-state index is 0.329. The third-order valence-electron chi connectivity index (χ3n) is 5.04. The average Bonchev–Trinajstić information content (AvgIpc) is 3.20. The zero-order chi connectivity index (χ0) is 11.5. The van der Waals surface area contributed by atoms with Crippen molar-refractivity contribution in [2.24, 2.45) is 11.3 Å². The van der Waals surface area contributed by atoms with Crippen molar-refractivity contribution >= 4 is 0 Å². The van der Waals surface area contributed by atoms with Crippen molar-refractivity contribution in [3.63, 3.8) is 0 Å². The Balaban J connectivity index is 1.90. The molecule has 0 aliphatic heterocycles. The summed E-state index contributed by atoms with van der Waals surface area (Å²) < 4.78 is 0. The van der Waals surface area contributed by atoms with E-state index < -0.39 is 0 Å². The van der Waals surface area contributed by atoms with Gasteiger partial charge in [0.1, 0.15) is 0 Å². The predicted molar refractivity (Wildman–Crippen MR) is 69.9 cm³/mol. The molecule has 2 aliphatic carbocycles. The summed E-state index contributed by atoms with van der Waals surface area (Å²) >= 11 is 0. The van der Waals surface area contributed by atoms with Crippen LogP contribution in [0.4, 0.5) is 0 Å². The molecular weight excluding hydrogens is 204 g/mol. The minimum Gasteiger partial charge on any atom is -0.0622 e. The van der Waals surface area contributed by atoms with Gasteiger partial charge in [0.15, 0.2) is 0 Å². The quantitative estimate of drug-likeness (QED) is 0.717. The Morgan fingerprint density at radius 1 is 0.824 bits per heavy atom. The molecule has 0 unspecified atom stereocenters. The number of fused-ring (bicyclic) bond motifs is 1. The summed E-state index contributed by atoms with van der Waals surface area (Å²) in [5.41, 5.74) is 3.88. The third-order valence-corrected chi connectivity index (χ3v) is 5.04. The van der Waals surface area contributed by atoms with E-state index >= 15 is 0 Å². The Labute approximate surface area is 102 Å². The lowest BCUT2D eigenvalue weighted by atomic mass is 9.76. The first kappa shape index (κ1) is 9.47. The Kier molecular flexibility index (Phi) is 1.57. The van der Waals surface area contributed by atoms with E-state index in [0.29, 0.717) is 10.8 Å². The van der Waals surface area contributed by atoms with Gasteiger partial charge in [-0.1, -0.05) is 67.6 Å². The summed E-state index contributed by atoms with van der Waals surface area (Å²) in [6.45, 7) is 2.44. The largest absolute Gasteiger partial charge is 0.0622 e. The predicted octanol–water partition coefficient (Wildman–Crippen LogP) is 4.01. The van der Waals surface area contributed by atoms with Crippen LogP contribution in [-0.2, 0) is 5.41 Å². The van der Waals surface area contributed by atoms with Crippen molar-refractivity contribution in [1.82, 2.24) is 0 Å². The highest BCUT2D eigenvalue weighted by Crippen LogP contribution is 2.89. The van der Waals surface area contributed by atoms with Gasteiger partial charge in [0.2, 0.25) is 0 Å². The van der Waals surface area contributed by atoms with Gasteiger partial charge < -0.3 is 0 Å². The van der Waals surface area contributed by atoms with E-state index in [-0.39, 0.29) is 0 Å². The Bertz CT molecular complexity index is 516. The molecule has 0 N–H and O–H groups in total. The SMILES string of the molecule is C[C@@]12C[C@@H]1C2(c1ccccc1)c1ccccc1. The molecule has 17 heavy (non-hydrogen) atoms. The molecule has 2 fully saturated rings. The van der Waals surface area contributed by atoms with E-state index in [2.05, 4.69) is 67.6 Å². The third kappa shape index (κ3) is 0.952. The second kappa shape index (κ2) is 2.81. The van der Waals surface area contributed by atoms with Crippen LogP contribution in [0, 0.1) is 11.3 Å². The van der Waals surface area contributed by atoms with Crippen molar-refractivity contribution in [2.75, 3.05) is 0 Å². The highest BCUT2D eigenvalue weighted by atomic mass is 14.9. The van der Waals surface area contributed by atoms with Crippen molar-refractivity contribution < 1.29 is 0 Å². The first-order valence-corrected chi connectivity index (χ1v) is 6.41. The molecular formula is C17H16. The maximum absolute atomic E-state index is 2.44. The van der Waals surface area contributed by atoms with Gasteiger partial charge in [0, 0.05) is 5.41 Å².